The number of aromatic nitrogens is 1. The first-order valence-corrected chi connectivity index (χ1v) is 6.05. The van der Waals surface area contributed by atoms with Crippen LogP contribution in [0.25, 0.3) is 21.5 Å². The molecule has 0 unspecified atom stereocenters. The van der Waals surface area contributed by atoms with Crippen molar-refractivity contribution in [2.24, 2.45) is 0 Å². The zero-order chi connectivity index (χ0) is 12.0. The summed E-state index contributed by atoms with van der Waals surface area (Å²) in [6.07, 6.45) is 4.48. The third-order valence-corrected chi connectivity index (χ3v) is 3.28. The second-order valence-electron chi connectivity index (χ2n) is 5.66. The summed E-state index contributed by atoms with van der Waals surface area (Å²) in [7, 11) is 0. The minimum absolute atomic E-state index is 0.144. The molecule has 0 saturated carbocycles. The van der Waals surface area contributed by atoms with Crippen molar-refractivity contribution in [3.8, 4) is 0 Å². The second-order valence-corrected chi connectivity index (χ2v) is 5.66. The molecule has 2 aromatic carbocycles. The van der Waals surface area contributed by atoms with Crippen LogP contribution in [0.3, 0.4) is 0 Å². The van der Waals surface area contributed by atoms with Gasteiger partial charge in [-0.25, -0.2) is 0 Å². The molecule has 0 spiro atoms. The fourth-order valence-electron chi connectivity index (χ4n) is 2.22. The molecule has 3 rings (SSSR count). The Kier molecular flexibility index (Phi) is 2.06. The molecular formula is C16H17N. The molecule has 0 amide bonds. The van der Waals surface area contributed by atoms with Crippen LogP contribution in [0.4, 0.5) is 0 Å². The maximum atomic E-state index is 2.29. The van der Waals surface area contributed by atoms with Gasteiger partial charge in [0.25, 0.3) is 0 Å². The van der Waals surface area contributed by atoms with Crippen molar-refractivity contribution in [2.45, 2.75) is 26.3 Å². The quantitative estimate of drug-likeness (QED) is 0.527. The molecule has 86 valence electrons. The van der Waals surface area contributed by atoms with E-state index in [0.29, 0.717) is 0 Å². The molecule has 3 aromatic rings. The van der Waals surface area contributed by atoms with Crippen LogP contribution in [0.1, 0.15) is 20.8 Å². The fraction of sp³-hybridized carbons (Fsp3) is 0.250. The first-order valence-electron chi connectivity index (χ1n) is 6.05. The van der Waals surface area contributed by atoms with Crippen molar-refractivity contribution < 1.29 is 0 Å². The highest BCUT2D eigenvalue weighted by molar-refractivity contribution is 5.98. The van der Waals surface area contributed by atoms with Crippen molar-refractivity contribution >= 4 is 21.5 Å². The minimum Gasteiger partial charge on any atom is -0.348 e. The average molecular weight is 223 g/mol. The standard InChI is InChI=1S/C16H17N/c1-16(2,3)17-10-14-8-12-6-4-5-7-13(12)9-15(14)11-17/h4-11H,1-3H3. The monoisotopic (exact) mass is 223 g/mol. The van der Waals surface area contributed by atoms with Gasteiger partial charge < -0.3 is 4.57 Å². The van der Waals surface area contributed by atoms with E-state index in [9.17, 15) is 0 Å². The number of hydrogen-bond donors (Lipinski definition) is 0. The van der Waals surface area contributed by atoms with Gasteiger partial charge in [0.2, 0.25) is 0 Å². The maximum absolute atomic E-state index is 2.29. The molecule has 0 aliphatic rings. The smallest absolute Gasteiger partial charge is 0.0356 e. The molecule has 0 bridgehead atoms. The van der Waals surface area contributed by atoms with Crippen LogP contribution in [-0.4, -0.2) is 4.57 Å². The third-order valence-electron chi connectivity index (χ3n) is 3.28. The van der Waals surface area contributed by atoms with Gasteiger partial charge in [-0.05, 0) is 54.4 Å². The van der Waals surface area contributed by atoms with Crippen LogP contribution in [-0.2, 0) is 5.54 Å². The van der Waals surface area contributed by atoms with E-state index < -0.39 is 0 Å². The SMILES string of the molecule is CC(C)(C)n1cc2cc3ccccc3cc2c1. The lowest BCUT2D eigenvalue weighted by atomic mass is 10.1. The first kappa shape index (κ1) is 10.4. The molecule has 0 fully saturated rings. The topological polar surface area (TPSA) is 4.93 Å². The van der Waals surface area contributed by atoms with Crippen molar-refractivity contribution in [2.75, 3.05) is 0 Å². The lowest BCUT2D eigenvalue weighted by Gasteiger charge is -2.20. The molecule has 0 N–H and O–H groups in total. The lowest BCUT2D eigenvalue weighted by Crippen LogP contribution is -2.19. The van der Waals surface area contributed by atoms with Gasteiger partial charge in [0.15, 0.2) is 0 Å². The summed E-state index contributed by atoms with van der Waals surface area (Å²) in [6, 6.07) is 13.1. The van der Waals surface area contributed by atoms with Gasteiger partial charge in [-0.3, -0.25) is 0 Å². The van der Waals surface area contributed by atoms with Gasteiger partial charge in [0, 0.05) is 17.9 Å². The van der Waals surface area contributed by atoms with E-state index in [-0.39, 0.29) is 5.54 Å². The molecular weight excluding hydrogens is 206 g/mol. The van der Waals surface area contributed by atoms with E-state index in [0.717, 1.165) is 0 Å². The van der Waals surface area contributed by atoms with E-state index in [2.05, 4.69) is 74.1 Å². The van der Waals surface area contributed by atoms with E-state index in [1.54, 1.807) is 0 Å². The molecule has 0 aliphatic carbocycles. The number of fused-ring (bicyclic) bond motifs is 2. The predicted molar refractivity (Wildman–Crippen MR) is 74.4 cm³/mol. The summed E-state index contributed by atoms with van der Waals surface area (Å²) in [5.74, 6) is 0. The van der Waals surface area contributed by atoms with E-state index >= 15 is 0 Å². The highest BCUT2D eigenvalue weighted by Gasteiger charge is 2.13. The van der Waals surface area contributed by atoms with Gasteiger partial charge in [-0.2, -0.15) is 0 Å². The summed E-state index contributed by atoms with van der Waals surface area (Å²) in [5, 5.41) is 5.26. The normalized spacial score (nSPS) is 12.4. The summed E-state index contributed by atoms with van der Waals surface area (Å²) in [6.45, 7) is 6.68. The summed E-state index contributed by atoms with van der Waals surface area (Å²) < 4.78 is 2.29. The highest BCUT2D eigenvalue weighted by atomic mass is 15.0. The van der Waals surface area contributed by atoms with Crippen molar-refractivity contribution in [3.63, 3.8) is 0 Å². The van der Waals surface area contributed by atoms with Crippen LogP contribution in [0.5, 0.6) is 0 Å². The van der Waals surface area contributed by atoms with Crippen LogP contribution < -0.4 is 0 Å². The molecule has 17 heavy (non-hydrogen) atoms. The minimum atomic E-state index is 0.144. The van der Waals surface area contributed by atoms with Gasteiger partial charge in [0.1, 0.15) is 0 Å². The lowest BCUT2D eigenvalue weighted by molar-refractivity contribution is 0.399. The van der Waals surface area contributed by atoms with Crippen LogP contribution in [0.2, 0.25) is 0 Å². The Hall–Kier alpha value is -1.76. The van der Waals surface area contributed by atoms with Gasteiger partial charge in [0.05, 0.1) is 0 Å². The Morgan fingerprint density at radius 2 is 1.24 bits per heavy atom. The summed E-state index contributed by atoms with van der Waals surface area (Å²) >= 11 is 0. The Labute approximate surface area is 102 Å². The molecule has 1 aromatic heterocycles. The third kappa shape index (κ3) is 1.72. The maximum Gasteiger partial charge on any atom is 0.0356 e. The van der Waals surface area contributed by atoms with Gasteiger partial charge in [-0.15, -0.1) is 0 Å². The second kappa shape index (κ2) is 3.36. The van der Waals surface area contributed by atoms with Crippen molar-refractivity contribution in [1.82, 2.24) is 4.57 Å². The number of benzene rings is 2. The zero-order valence-electron chi connectivity index (χ0n) is 10.6. The number of rotatable bonds is 0. The number of hydrogen-bond acceptors (Lipinski definition) is 0. The van der Waals surface area contributed by atoms with Crippen molar-refractivity contribution in [3.05, 3.63) is 48.8 Å². The van der Waals surface area contributed by atoms with Gasteiger partial charge in [-0.1, -0.05) is 24.3 Å². The molecule has 0 aliphatic heterocycles. The highest BCUT2D eigenvalue weighted by Crippen LogP contribution is 2.26. The zero-order valence-corrected chi connectivity index (χ0v) is 10.6. The van der Waals surface area contributed by atoms with Crippen LogP contribution in [0, 0.1) is 0 Å². The number of nitrogens with zero attached hydrogens (tertiary/aromatic N) is 1. The molecule has 0 atom stereocenters. The van der Waals surface area contributed by atoms with Crippen LogP contribution in [0.15, 0.2) is 48.8 Å². The average Bonchev–Trinajstić information content (AvgIpc) is 2.68. The Morgan fingerprint density at radius 3 is 1.65 bits per heavy atom. The molecule has 0 radical (unpaired) electrons. The molecule has 1 nitrogen and oxygen atoms in total. The largest absolute Gasteiger partial charge is 0.348 e. The predicted octanol–water partition coefficient (Wildman–Crippen LogP) is 4.55. The summed E-state index contributed by atoms with van der Waals surface area (Å²) in [4.78, 5) is 0. The Balaban J connectivity index is 2.32. The van der Waals surface area contributed by atoms with Crippen LogP contribution >= 0.6 is 0 Å². The molecule has 1 heterocycles. The molecule has 1 heteroatoms. The van der Waals surface area contributed by atoms with Gasteiger partial charge >= 0.3 is 0 Å². The molecule has 0 saturated heterocycles. The first-order chi connectivity index (χ1) is 8.04. The fourth-order valence-corrected chi connectivity index (χ4v) is 2.22. The van der Waals surface area contributed by atoms with E-state index in [1.165, 1.54) is 21.5 Å². The summed E-state index contributed by atoms with van der Waals surface area (Å²) in [5.41, 5.74) is 0.144. The Morgan fingerprint density at radius 1 is 0.765 bits per heavy atom. The van der Waals surface area contributed by atoms with E-state index in [4.69, 9.17) is 0 Å². The van der Waals surface area contributed by atoms with E-state index in [1.807, 2.05) is 0 Å². The Bertz CT molecular complexity index is 631. The van der Waals surface area contributed by atoms with Crippen molar-refractivity contribution in [1.29, 1.82) is 0 Å².